The van der Waals surface area contributed by atoms with Crippen molar-refractivity contribution in [2.24, 2.45) is 0 Å². The van der Waals surface area contributed by atoms with Crippen LogP contribution in [-0.4, -0.2) is 66.5 Å². The fourth-order valence-corrected chi connectivity index (χ4v) is 6.88. The normalized spacial score (nSPS) is 18.9. The number of carbonyl (C=O) groups is 2. The van der Waals surface area contributed by atoms with E-state index >= 15 is 8.78 Å². The Hall–Kier alpha value is -3.18. The minimum atomic E-state index is -5.66. The van der Waals surface area contributed by atoms with Crippen molar-refractivity contribution in [2.75, 3.05) is 19.7 Å². The maximum atomic E-state index is 15.8. The lowest BCUT2D eigenvalue weighted by molar-refractivity contribution is -0.217. The number of ether oxygens (including phenoxy) is 1. The SMILES string of the molecule is O=C(c1cc(C2CC2)c(OCC2(F)CCN(Cc3cc(Cl)ccc3C(F)(F)F)CC2)cc1F)N(OC(=O)C(F)(F)F)S(=O)(=O)C1CC1. The van der Waals surface area contributed by atoms with Crippen LogP contribution in [0.15, 0.2) is 30.3 Å². The number of hydroxylamine groups is 1. The second kappa shape index (κ2) is 12.7. The number of halogens is 9. The van der Waals surface area contributed by atoms with Crippen LogP contribution in [0.3, 0.4) is 0 Å². The van der Waals surface area contributed by atoms with Gasteiger partial charge in [-0.3, -0.25) is 9.69 Å². The van der Waals surface area contributed by atoms with Crippen LogP contribution in [0.5, 0.6) is 5.75 Å². The molecule has 3 aliphatic rings. The lowest BCUT2D eigenvalue weighted by Gasteiger charge is -2.36. The molecule has 0 radical (unpaired) electrons. The summed E-state index contributed by atoms with van der Waals surface area (Å²) < 4.78 is 140. The van der Waals surface area contributed by atoms with Gasteiger partial charge in [-0.2, -0.15) is 26.3 Å². The highest BCUT2D eigenvalue weighted by Gasteiger charge is 2.50. The number of piperidine rings is 1. The Morgan fingerprint density at radius 1 is 1.00 bits per heavy atom. The lowest BCUT2D eigenvalue weighted by Crippen LogP contribution is -2.45. The van der Waals surface area contributed by atoms with Crippen LogP contribution in [0.1, 0.15) is 71.5 Å². The van der Waals surface area contributed by atoms with E-state index in [0.717, 1.165) is 18.2 Å². The molecule has 0 atom stereocenters. The summed E-state index contributed by atoms with van der Waals surface area (Å²) in [5, 5.41) is -1.19. The highest BCUT2D eigenvalue weighted by Crippen LogP contribution is 2.46. The van der Waals surface area contributed by atoms with E-state index in [4.69, 9.17) is 16.3 Å². The molecule has 2 aromatic carbocycles. The second-order valence-electron chi connectivity index (χ2n) is 11.8. The molecule has 1 heterocycles. The number of rotatable bonds is 9. The first kappa shape index (κ1) is 35.1. The van der Waals surface area contributed by atoms with E-state index < -0.39 is 73.2 Å². The Labute approximate surface area is 268 Å². The largest absolute Gasteiger partial charge is 0.493 e. The molecule has 1 aliphatic heterocycles. The first-order valence-corrected chi connectivity index (χ1v) is 16.3. The fourth-order valence-electron chi connectivity index (χ4n) is 5.18. The van der Waals surface area contributed by atoms with Gasteiger partial charge in [-0.1, -0.05) is 16.1 Å². The smallest absolute Gasteiger partial charge is 0.490 e. The predicted octanol–water partition coefficient (Wildman–Crippen LogP) is 6.71. The summed E-state index contributed by atoms with van der Waals surface area (Å²) >= 11 is 5.90. The van der Waals surface area contributed by atoms with E-state index in [1.54, 1.807) is 4.90 Å². The van der Waals surface area contributed by atoms with Crippen LogP contribution in [0.25, 0.3) is 0 Å². The zero-order valence-corrected chi connectivity index (χ0v) is 25.8. The summed E-state index contributed by atoms with van der Waals surface area (Å²) in [4.78, 5) is 30.1. The van der Waals surface area contributed by atoms with Crippen molar-refractivity contribution < 1.29 is 62.7 Å². The number of likely N-dealkylation sites (tertiary alicyclic amines) is 1. The van der Waals surface area contributed by atoms with Gasteiger partial charge in [-0.25, -0.2) is 22.0 Å². The van der Waals surface area contributed by atoms with Crippen LogP contribution in [0.2, 0.25) is 5.02 Å². The molecular formula is C29H27ClF8N2O6S. The summed E-state index contributed by atoms with van der Waals surface area (Å²) in [6.07, 6.45) is -9.54. The van der Waals surface area contributed by atoms with E-state index in [0.29, 0.717) is 18.9 Å². The van der Waals surface area contributed by atoms with Crippen LogP contribution in [-0.2, 0) is 32.4 Å². The first-order valence-electron chi connectivity index (χ1n) is 14.4. The molecule has 0 bridgehead atoms. The molecule has 258 valence electrons. The molecule has 1 saturated heterocycles. The third-order valence-corrected chi connectivity index (χ3v) is 10.3. The molecule has 2 saturated carbocycles. The maximum Gasteiger partial charge on any atom is 0.493 e. The van der Waals surface area contributed by atoms with Gasteiger partial charge in [0.25, 0.3) is 10.0 Å². The number of nitrogens with zero attached hydrogens (tertiary/aromatic N) is 2. The summed E-state index contributed by atoms with van der Waals surface area (Å²) in [6, 6.07) is 4.78. The van der Waals surface area contributed by atoms with Crippen molar-refractivity contribution in [3.63, 3.8) is 0 Å². The molecule has 5 rings (SSSR count). The van der Waals surface area contributed by atoms with Gasteiger partial charge >= 0.3 is 24.2 Å². The van der Waals surface area contributed by atoms with Crippen LogP contribution in [0.4, 0.5) is 35.1 Å². The maximum absolute atomic E-state index is 15.8. The van der Waals surface area contributed by atoms with E-state index in [9.17, 15) is 44.3 Å². The van der Waals surface area contributed by atoms with Crippen molar-refractivity contribution in [2.45, 2.75) is 74.3 Å². The number of hydrogen-bond donors (Lipinski definition) is 0. The fraction of sp³-hybridized carbons (Fsp3) is 0.517. The Balaban J connectivity index is 1.29. The topological polar surface area (TPSA) is 93.2 Å². The van der Waals surface area contributed by atoms with E-state index in [-0.39, 0.29) is 73.1 Å². The summed E-state index contributed by atoms with van der Waals surface area (Å²) in [6.45, 7) is -0.611. The van der Waals surface area contributed by atoms with Gasteiger partial charge in [0.15, 0.2) is 0 Å². The van der Waals surface area contributed by atoms with Gasteiger partial charge in [0.2, 0.25) is 0 Å². The predicted molar refractivity (Wildman–Crippen MR) is 149 cm³/mol. The summed E-state index contributed by atoms with van der Waals surface area (Å²) in [5.74, 6) is -6.77. The Morgan fingerprint density at radius 2 is 1.64 bits per heavy atom. The lowest BCUT2D eigenvalue weighted by atomic mass is 9.93. The standard InChI is InChI=1S/C29H27ClF8N2O6S/c30-18-3-6-22(28(33,34)35)17(11-18)14-39-9-7-27(32,8-10-39)15-45-24-13-23(31)21(12-20(24)16-1-2-16)25(41)40(46-26(42)29(36,37)38)47(43,44)19-4-5-19/h3,6,11-13,16,19H,1-2,4-5,7-10,14-15H2. The van der Waals surface area contributed by atoms with Gasteiger partial charge in [-0.05, 0) is 79.8 Å². The molecule has 3 fully saturated rings. The number of amides is 1. The average molecular weight is 719 g/mol. The molecule has 18 heteroatoms. The molecule has 8 nitrogen and oxygen atoms in total. The molecule has 47 heavy (non-hydrogen) atoms. The summed E-state index contributed by atoms with van der Waals surface area (Å²) in [7, 11) is -4.92. The van der Waals surface area contributed by atoms with Gasteiger partial charge in [-0.15, -0.1) is 0 Å². The van der Waals surface area contributed by atoms with Crippen LogP contribution in [0, 0.1) is 5.82 Å². The van der Waals surface area contributed by atoms with Gasteiger partial charge in [0.1, 0.15) is 23.8 Å². The van der Waals surface area contributed by atoms with Gasteiger partial charge < -0.3 is 9.57 Å². The Bertz CT molecular complexity index is 1650. The zero-order chi connectivity index (χ0) is 34.5. The highest BCUT2D eigenvalue weighted by atomic mass is 35.5. The number of sulfonamides is 1. The average Bonchev–Trinajstić information content (AvgIpc) is 3.88. The van der Waals surface area contributed by atoms with Crippen LogP contribution < -0.4 is 4.74 Å². The monoisotopic (exact) mass is 718 g/mol. The first-order chi connectivity index (χ1) is 21.8. The third-order valence-electron chi connectivity index (χ3n) is 8.09. The third kappa shape index (κ3) is 8.11. The van der Waals surface area contributed by atoms with Crippen molar-refractivity contribution in [3.05, 3.63) is 63.4 Å². The molecule has 2 aliphatic carbocycles. The molecular weight excluding hydrogens is 692 g/mol. The van der Waals surface area contributed by atoms with E-state index in [2.05, 4.69) is 4.84 Å². The van der Waals surface area contributed by atoms with Gasteiger partial charge in [0, 0.05) is 30.7 Å². The Kier molecular flexibility index (Phi) is 9.49. The summed E-state index contributed by atoms with van der Waals surface area (Å²) in [5.41, 5.74) is -3.72. The van der Waals surface area contributed by atoms with E-state index in [1.807, 2.05) is 0 Å². The molecule has 0 aromatic heterocycles. The zero-order valence-electron chi connectivity index (χ0n) is 24.3. The van der Waals surface area contributed by atoms with Crippen molar-refractivity contribution in [3.8, 4) is 5.75 Å². The number of alkyl halides is 7. The quantitative estimate of drug-likeness (QED) is 0.210. The minimum Gasteiger partial charge on any atom is -0.490 e. The molecule has 0 spiro atoms. The van der Waals surface area contributed by atoms with Crippen LogP contribution >= 0.6 is 11.6 Å². The van der Waals surface area contributed by atoms with Crippen molar-refractivity contribution in [1.82, 2.24) is 9.37 Å². The van der Waals surface area contributed by atoms with E-state index in [1.165, 1.54) is 6.07 Å². The van der Waals surface area contributed by atoms with Crippen molar-refractivity contribution >= 4 is 33.5 Å². The second-order valence-corrected chi connectivity index (χ2v) is 14.3. The molecule has 0 unspecified atom stereocenters. The van der Waals surface area contributed by atoms with Gasteiger partial charge in [0.05, 0.1) is 16.4 Å². The number of hydrogen-bond acceptors (Lipinski definition) is 7. The van der Waals surface area contributed by atoms with Crippen molar-refractivity contribution in [1.29, 1.82) is 0 Å². The Morgan fingerprint density at radius 3 is 2.19 bits per heavy atom. The molecule has 2 aromatic rings. The number of carbonyl (C=O) groups excluding carboxylic acids is 2. The highest BCUT2D eigenvalue weighted by molar-refractivity contribution is 7.90. The number of benzene rings is 2. The molecule has 1 amide bonds. The minimum absolute atomic E-state index is 0.0177. The molecule has 0 N–H and O–H groups in total.